The first kappa shape index (κ1) is 17.1. The van der Waals surface area contributed by atoms with Crippen LogP contribution in [0.2, 0.25) is 0 Å². The summed E-state index contributed by atoms with van der Waals surface area (Å²) in [7, 11) is 0. The Balaban J connectivity index is 1.57. The molecule has 1 aromatic rings. The number of nitrogens with one attached hydrogen (secondary N) is 1. The first-order valence-corrected chi connectivity index (χ1v) is 9.05. The summed E-state index contributed by atoms with van der Waals surface area (Å²) in [6, 6.07) is 6.41. The number of aliphatic hydroxyl groups excluding tert-OH is 1. The highest BCUT2D eigenvalue weighted by Gasteiger charge is 2.42. The number of rotatable bonds is 5. The van der Waals surface area contributed by atoms with Crippen molar-refractivity contribution in [2.24, 2.45) is 0 Å². The van der Waals surface area contributed by atoms with Crippen molar-refractivity contribution in [2.45, 2.75) is 70.7 Å². The Kier molecular flexibility index (Phi) is 5.29. The largest absolute Gasteiger partial charge is 0.494 e. The van der Waals surface area contributed by atoms with E-state index in [2.05, 4.69) is 12.2 Å². The maximum Gasteiger partial charge on any atom is 0.318 e. The molecular weight excluding hydrogens is 304 g/mol. The molecule has 5 nitrogen and oxygen atoms in total. The van der Waals surface area contributed by atoms with Gasteiger partial charge in [-0.3, -0.25) is 0 Å². The fraction of sp³-hybridized carbons (Fsp3) is 0.632. The monoisotopic (exact) mass is 332 g/mol. The summed E-state index contributed by atoms with van der Waals surface area (Å²) in [6.45, 7) is 5.38. The summed E-state index contributed by atoms with van der Waals surface area (Å²) in [5, 5.41) is 12.9. The lowest BCUT2D eigenvalue weighted by Gasteiger charge is -2.37. The normalized spacial score (nSPS) is 25.6. The second-order valence-corrected chi connectivity index (χ2v) is 7.01. The number of piperidine rings is 1. The van der Waals surface area contributed by atoms with Crippen molar-refractivity contribution in [3.8, 4) is 5.75 Å². The minimum atomic E-state index is -0.246. The van der Waals surface area contributed by atoms with Gasteiger partial charge in [0.15, 0.2) is 0 Å². The van der Waals surface area contributed by atoms with Crippen LogP contribution in [-0.2, 0) is 6.54 Å². The molecule has 2 N–H and O–H groups in total. The molecular formula is C19H28N2O3. The SMILES string of the molecule is CCCOc1ccc(CNC(=O)N2C3CCC2CC(O)C3)c(C)c1. The van der Waals surface area contributed by atoms with Crippen LogP contribution in [0.4, 0.5) is 4.79 Å². The topological polar surface area (TPSA) is 61.8 Å². The molecule has 2 aliphatic heterocycles. The van der Waals surface area contributed by atoms with Crippen molar-refractivity contribution in [2.75, 3.05) is 6.61 Å². The van der Waals surface area contributed by atoms with Gasteiger partial charge in [-0.1, -0.05) is 13.0 Å². The molecule has 2 heterocycles. The number of aliphatic hydroxyl groups is 1. The smallest absolute Gasteiger partial charge is 0.318 e. The zero-order chi connectivity index (χ0) is 17.1. The second-order valence-electron chi connectivity index (χ2n) is 7.01. The van der Waals surface area contributed by atoms with Gasteiger partial charge in [0, 0.05) is 18.6 Å². The van der Waals surface area contributed by atoms with E-state index in [1.54, 1.807) is 0 Å². The van der Waals surface area contributed by atoms with Crippen molar-refractivity contribution in [1.82, 2.24) is 10.2 Å². The van der Waals surface area contributed by atoms with Crippen molar-refractivity contribution in [3.05, 3.63) is 29.3 Å². The molecule has 5 heteroatoms. The fourth-order valence-corrected chi connectivity index (χ4v) is 3.92. The molecule has 0 spiro atoms. The predicted octanol–water partition coefficient (Wildman–Crippen LogP) is 2.98. The van der Waals surface area contributed by atoms with Crippen molar-refractivity contribution < 1.29 is 14.6 Å². The molecule has 2 saturated heterocycles. The molecule has 0 saturated carbocycles. The lowest BCUT2D eigenvalue weighted by Crippen LogP contribution is -2.51. The van der Waals surface area contributed by atoms with E-state index in [4.69, 9.17) is 4.74 Å². The first-order valence-electron chi connectivity index (χ1n) is 9.05. The van der Waals surface area contributed by atoms with E-state index in [0.717, 1.165) is 42.7 Å². The third kappa shape index (κ3) is 3.66. The number of aryl methyl sites for hydroxylation is 1. The number of nitrogens with zero attached hydrogens (tertiary/aromatic N) is 1. The molecule has 3 rings (SSSR count). The van der Waals surface area contributed by atoms with E-state index in [1.807, 2.05) is 30.0 Å². The lowest BCUT2D eigenvalue weighted by molar-refractivity contribution is 0.0541. The standard InChI is InChI=1S/C19H28N2O3/c1-3-8-24-18-7-4-14(13(2)9-18)12-20-19(23)21-15-5-6-16(21)11-17(22)10-15/h4,7,9,15-17,22H,3,5-6,8,10-12H2,1-2H3,(H,20,23). The van der Waals surface area contributed by atoms with Crippen molar-refractivity contribution in [1.29, 1.82) is 0 Å². The van der Waals surface area contributed by atoms with E-state index in [1.165, 1.54) is 0 Å². The number of fused-ring (bicyclic) bond motifs is 2. The van der Waals surface area contributed by atoms with Crippen LogP contribution in [0, 0.1) is 6.92 Å². The molecule has 2 bridgehead atoms. The van der Waals surface area contributed by atoms with E-state index >= 15 is 0 Å². The Hall–Kier alpha value is -1.75. The minimum absolute atomic E-state index is 0.000101. The average molecular weight is 332 g/mol. The molecule has 2 atom stereocenters. The summed E-state index contributed by atoms with van der Waals surface area (Å²) in [6.07, 6.45) is 4.20. The summed E-state index contributed by atoms with van der Waals surface area (Å²) in [5.74, 6) is 0.882. The van der Waals surface area contributed by atoms with Gasteiger partial charge in [-0.05, 0) is 62.3 Å². The summed E-state index contributed by atoms with van der Waals surface area (Å²) in [5.41, 5.74) is 2.23. The van der Waals surface area contributed by atoms with E-state index in [0.29, 0.717) is 19.4 Å². The predicted molar refractivity (Wildman–Crippen MR) is 93.1 cm³/mol. The van der Waals surface area contributed by atoms with Crippen LogP contribution < -0.4 is 10.1 Å². The highest BCUT2D eigenvalue weighted by atomic mass is 16.5. The molecule has 2 aliphatic rings. The molecule has 0 aliphatic carbocycles. The number of urea groups is 1. The third-order valence-corrected chi connectivity index (χ3v) is 5.16. The van der Waals surface area contributed by atoms with Crippen molar-refractivity contribution >= 4 is 6.03 Å². The van der Waals surface area contributed by atoms with E-state index in [-0.39, 0.29) is 24.2 Å². The van der Waals surface area contributed by atoms with Gasteiger partial charge >= 0.3 is 6.03 Å². The number of carbonyl (C=O) groups excluding carboxylic acids is 1. The lowest BCUT2D eigenvalue weighted by atomic mass is 10.0. The number of carbonyl (C=O) groups is 1. The Morgan fingerprint density at radius 3 is 2.67 bits per heavy atom. The Morgan fingerprint density at radius 2 is 2.04 bits per heavy atom. The highest BCUT2D eigenvalue weighted by molar-refractivity contribution is 5.75. The summed E-state index contributed by atoms with van der Waals surface area (Å²) >= 11 is 0. The van der Waals surface area contributed by atoms with E-state index in [9.17, 15) is 9.90 Å². The molecule has 0 radical (unpaired) electrons. The molecule has 2 amide bonds. The van der Waals surface area contributed by atoms with Gasteiger partial charge in [0.1, 0.15) is 5.75 Å². The zero-order valence-electron chi connectivity index (χ0n) is 14.6. The van der Waals surface area contributed by atoms with Gasteiger partial charge in [0.05, 0.1) is 12.7 Å². The van der Waals surface area contributed by atoms with Crippen LogP contribution in [0.25, 0.3) is 0 Å². The van der Waals surface area contributed by atoms with Crippen LogP contribution in [-0.4, -0.2) is 40.8 Å². The number of benzene rings is 1. The van der Waals surface area contributed by atoms with Crippen LogP contribution in [0.5, 0.6) is 5.75 Å². The Bertz CT molecular complexity index is 576. The third-order valence-electron chi connectivity index (χ3n) is 5.16. The zero-order valence-corrected chi connectivity index (χ0v) is 14.6. The molecule has 24 heavy (non-hydrogen) atoms. The summed E-state index contributed by atoms with van der Waals surface area (Å²) in [4.78, 5) is 14.5. The Labute approximate surface area is 144 Å². The molecule has 132 valence electrons. The molecule has 2 unspecified atom stereocenters. The van der Waals surface area contributed by atoms with Gasteiger partial charge in [0.25, 0.3) is 0 Å². The quantitative estimate of drug-likeness (QED) is 0.871. The van der Waals surface area contributed by atoms with Gasteiger partial charge in [0.2, 0.25) is 0 Å². The summed E-state index contributed by atoms with van der Waals surface area (Å²) < 4.78 is 5.64. The minimum Gasteiger partial charge on any atom is -0.494 e. The second kappa shape index (κ2) is 7.43. The number of ether oxygens (including phenoxy) is 1. The first-order chi connectivity index (χ1) is 11.6. The van der Waals surface area contributed by atoms with Gasteiger partial charge in [-0.25, -0.2) is 4.79 Å². The van der Waals surface area contributed by atoms with Gasteiger partial charge in [-0.15, -0.1) is 0 Å². The maximum atomic E-state index is 12.6. The molecule has 0 aromatic heterocycles. The Morgan fingerprint density at radius 1 is 1.33 bits per heavy atom. The molecule has 1 aromatic carbocycles. The van der Waals surface area contributed by atoms with Crippen LogP contribution in [0.15, 0.2) is 18.2 Å². The fourth-order valence-electron chi connectivity index (χ4n) is 3.92. The van der Waals surface area contributed by atoms with Gasteiger partial charge in [-0.2, -0.15) is 0 Å². The number of hydrogen-bond acceptors (Lipinski definition) is 3. The number of hydrogen-bond donors (Lipinski definition) is 2. The van der Waals surface area contributed by atoms with E-state index < -0.39 is 0 Å². The van der Waals surface area contributed by atoms with Gasteiger partial charge < -0.3 is 20.1 Å². The van der Waals surface area contributed by atoms with Crippen molar-refractivity contribution in [3.63, 3.8) is 0 Å². The highest BCUT2D eigenvalue weighted by Crippen LogP contribution is 2.35. The van der Waals surface area contributed by atoms with Crippen LogP contribution >= 0.6 is 0 Å². The van der Waals surface area contributed by atoms with Crippen LogP contribution in [0.3, 0.4) is 0 Å². The average Bonchev–Trinajstić information content (AvgIpc) is 2.83. The van der Waals surface area contributed by atoms with Crippen LogP contribution in [0.1, 0.15) is 50.2 Å². The maximum absolute atomic E-state index is 12.6. The molecule has 2 fully saturated rings. The number of amides is 2.